The van der Waals surface area contributed by atoms with Crippen molar-refractivity contribution in [1.82, 2.24) is 0 Å². The number of hydrogen-bond acceptors (Lipinski definition) is 2. The smallest absolute Gasteiger partial charge is 0.183 e. The molecule has 11 heavy (non-hydrogen) atoms. The van der Waals surface area contributed by atoms with Crippen molar-refractivity contribution in [1.29, 1.82) is 0 Å². The fourth-order valence-corrected chi connectivity index (χ4v) is 1.35. The first-order chi connectivity index (χ1) is 5.27. The van der Waals surface area contributed by atoms with E-state index in [1.54, 1.807) is 18.2 Å². The van der Waals surface area contributed by atoms with Crippen LogP contribution in [0.25, 0.3) is 0 Å². The standard InChI is InChI=1S/C8H6ClNO/c9-5-1-2-6-7(3-5)10-4-8(6)11/h1-3,10H,4H2. The van der Waals surface area contributed by atoms with Gasteiger partial charge in [-0.1, -0.05) is 11.6 Å². The highest BCUT2D eigenvalue weighted by Crippen LogP contribution is 2.25. The number of hydrogen-bond donors (Lipinski definition) is 1. The predicted octanol–water partition coefficient (Wildman–Crippen LogP) is 1.95. The summed E-state index contributed by atoms with van der Waals surface area (Å²) >= 11 is 5.72. The Morgan fingerprint density at radius 1 is 1.45 bits per heavy atom. The van der Waals surface area contributed by atoms with Gasteiger partial charge in [-0.25, -0.2) is 0 Å². The highest BCUT2D eigenvalue weighted by atomic mass is 35.5. The molecule has 0 radical (unpaired) electrons. The van der Waals surface area contributed by atoms with E-state index in [4.69, 9.17) is 11.6 Å². The summed E-state index contributed by atoms with van der Waals surface area (Å²) in [5.41, 5.74) is 1.59. The average molecular weight is 168 g/mol. The van der Waals surface area contributed by atoms with Crippen molar-refractivity contribution < 1.29 is 4.79 Å². The minimum Gasteiger partial charge on any atom is -0.377 e. The van der Waals surface area contributed by atoms with E-state index in [9.17, 15) is 4.79 Å². The number of nitrogens with one attached hydrogen (secondary N) is 1. The molecule has 56 valence electrons. The first-order valence-electron chi connectivity index (χ1n) is 3.34. The van der Waals surface area contributed by atoms with E-state index in [0.29, 0.717) is 11.6 Å². The normalized spacial score (nSPS) is 14.5. The quantitative estimate of drug-likeness (QED) is 0.640. The molecule has 1 aromatic carbocycles. The molecule has 1 aliphatic heterocycles. The summed E-state index contributed by atoms with van der Waals surface area (Å²) in [4.78, 5) is 11.1. The van der Waals surface area contributed by atoms with E-state index in [1.165, 1.54) is 0 Å². The molecule has 2 nitrogen and oxygen atoms in total. The molecule has 2 rings (SSSR count). The van der Waals surface area contributed by atoms with Crippen molar-refractivity contribution in [3.63, 3.8) is 0 Å². The summed E-state index contributed by atoms with van der Waals surface area (Å²) in [6, 6.07) is 5.24. The van der Waals surface area contributed by atoms with Crippen molar-refractivity contribution in [2.24, 2.45) is 0 Å². The van der Waals surface area contributed by atoms with Crippen LogP contribution in [0, 0.1) is 0 Å². The van der Waals surface area contributed by atoms with Gasteiger partial charge >= 0.3 is 0 Å². The van der Waals surface area contributed by atoms with E-state index >= 15 is 0 Å². The van der Waals surface area contributed by atoms with Gasteiger partial charge in [0.2, 0.25) is 0 Å². The van der Waals surface area contributed by atoms with Crippen LogP contribution in [0.3, 0.4) is 0 Å². The number of halogens is 1. The molecule has 0 atom stereocenters. The molecule has 1 N–H and O–H groups in total. The molecule has 1 aliphatic rings. The lowest BCUT2D eigenvalue weighted by Gasteiger charge is -1.96. The molecule has 0 aromatic heterocycles. The second kappa shape index (κ2) is 2.24. The van der Waals surface area contributed by atoms with Crippen LogP contribution in [0.2, 0.25) is 5.02 Å². The highest BCUT2D eigenvalue weighted by molar-refractivity contribution is 6.31. The van der Waals surface area contributed by atoms with Crippen LogP contribution >= 0.6 is 11.6 Å². The van der Waals surface area contributed by atoms with Crippen molar-refractivity contribution in [3.8, 4) is 0 Å². The Morgan fingerprint density at radius 2 is 2.27 bits per heavy atom. The monoisotopic (exact) mass is 167 g/mol. The fraction of sp³-hybridized carbons (Fsp3) is 0.125. The molecule has 1 aromatic rings. The van der Waals surface area contributed by atoms with Gasteiger partial charge in [0.1, 0.15) is 0 Å². The second-order valence-electron chi connectivity index (χ2n) is 2.47. The molecule has 0 spiro atoms. The second-order valence-corrected chi connectivity index (χ2v) is 2.90. The molecular formula is C8H6ClNO. The summed E-state index contributed by atoms with van der Waals surface area (Å²) in [6.45, 7) is 0.398. The van der Waals surface area contributed by atoms with E-state index in [1.807, 2.05) is 0 Å². The molecule has 3 heteroatoms. The molecule has 0 amide bonds. The van der Waals surface area contributed by atoms with E-state index in [2.05, 4.69) is 5.32 Å². The Bertz CT molecular complexity index is 322. The lowest BCUT2D eigenvalue weighted by atomic mass is 10.1. The predicted molar refractivity (Wildman–Crippen MR) is 44.3 cm³/mol. The Morgan fingerprint density at radius 3 is 3.09 bits per heavy atom. The van der Waals surface area contributed by atoms with Crippen molar-refractivity contribution >= 4 is 23.1 Å². The molecule has 0 aliphatic carbocycles. The first-order valence-corrected chi connectivity index (χ1v) is 3.72. The Kier molecular flexibility index (Phi) is 1.36. The van der Waals surface area contributed by atoms with Gasteiger partial charge in [0.15, 0.2) is 5.78 Å². The number of carbonyl (C=O) groups excluding carboxylic acids is 1. The number of benzene rings is 1. The van der Waals surface area contributed by atoms with Crippen LogP contribution in [-0.2, 0) is 0 Å². The minimum atomic E-state index is 0.136. The largest absolute Gasteiger partial charge is 0.377 e. The zero-order valence-corrected chi connectivity index (χ0v) is 6.48. The Labute approximate surface area is 69.2 Å². The van der Waals surface area contributed by atoms with Gasteiger partial charge in [0, 0.05) is 16.3 Å². The third-order valence-electron chi connectivity index (χ3n) is 1.72. The van der Waals surface area contributed by atoms with Crippen LogP contribution < -0.4 is 5.32 Å². The van der Waals surface area contributed by atoms with Gasteiger partial charge in [0.25, 0.3) is 0 Å². The first kappa shape index (κ1) is 6.68. The Hall–Kier alpha value is -1.02. The van der Waals surface area contributed by atoms with Crippen LogP contribution in [0.1, 0.15) is 10.4 Å². The van der Waals surface area contributed by atoms with Crippen molar-refractivity contribution in [3.05, 3.63) is 28.8 Å². The SMILES string of the molecule is O=C1CNc2cc(Cl)ccc21. The number of rotatable bonds is 0. The minimum absolute atomic E-state index is 0.136. The van der Waals surface area contributed by atoms with Crippen LogP contribution in [0.4, 0.5) is 5.69 Å². The molecule has 0 bridgehead atoms. The van der Waals surface area contributed by atoms with Crippen molar-refractivity contribution in [2.75, 3.05) is 11.9 Å². The maximum absolute atomic E-state index is 11.1. The molecule has 0 saturated carbocycles. The van der Waals surface area contributed by atoms with E-state index < -0.39 is 0 Å². The third kappa shape index (κ3) is 0.994. The Balaban J connectivity index is 2.59. The summed E-state index contributed by atoms with van der Waals surface area (Å²) in [6.07, 6.45) is 0. The molecule has 0 fully saturated rings. The van der Waals surface area contributed by atoms with Crippen LogP contribution in [0.5, 0.6) is 0 Å². The van der Waals surface area contributed by atoms with Crippen LogP contribution in [0.15, 0.2) is 18.2 Å². The third-order valence-corrected chi connectivity index (χ3v) is 1.96. The molecule has 0 saturated heterocycles. The lowest BCUT2D eigenvalue weighted by molar-refractivity contribution is 0.101. The number of fused-ring (bicyclic) bond motifs is 1. The highest BCUT2D eigenvalue weighted by Gasteiger charge is 2.17. The average Bonchev–Trinajstić information content (AvgIpc) is 2.32. The fourth-order valence-electron chi connectivity index (χ4n) is 1.18. The van der Waals surface area contributed by atoms with Crippen molar-refractivity contribution in [2.45, 2.75) is 0 Å². The van der Waals surface area contributed by atoms with Crippen LogP contribution in [-0.4, -0.2) is 12.3 Å². The van der Waals surface area contributed by atoms with Gasteiger partial charge in [-0.2, -0.15) is 0 Å². The summed E-state index contributed by atoms with van der Waals surface area (Å²) in [5.74, 6) is 0.136. The van der Waals surface area contributed by atoms with E-state index in [-0.39, 0.29) is 5.78 Å². The summed E-state index contributed by atoms with van der Waals surface area (Å²) in [7, 11) is 0. The van der Waals surface area contributed by atoms with E-state index in [0.717, 1.165) is 11.3 Å². The number of anilines is 1. The topological polar surface area (TPSA) is 29.1 Å². The molecule has 0 unspecified atom stereocenters. The summed E-state index contributed by atoms with van der Waals surface area (Å²) in [5, 5.41) is 3.62. The summed E-state index contributed by atoms with van der Waals surface area (Å²) < 4.78 is 0. The van der Waals surface area contributed by atoms with Gasteiger partial charge < -0.3 is 5.32 Å². The maximum atomic E-state index is 11.1. The molecule has 1 heterocycles. The zero-order chi connectivity index (χ0) is 7.84. The number of carbonyl (C=O) groups is 1. The number of ketones is 1. The van der Waals surface area contributed by atoms with Gasteiger partial charge in [-0.05, 0) is 18.2 Å². The number of Topliss-reactive ketones (excluding diaryl/α,β-unsaturated/α-hetero) is 1. The van der Waals surface area contributed by atoms with Gasteiger partial charge in [0.05, 0.1) is 6.54 Å². The van der Waals surface area contributed by atoms with Gasteiger partial charge in [-0.3, -0.25) is 4.79 Å². The lowest BCUT2D eigenvalue weighted by Crippen LogP contribution is -2.00. The molecular weight excluding hydrogens is 162 g/mol. The maximum Gasteiger partial charge on any atom is 0.183 e. The van der Waals surface area contributed by atoms with Gasteiger partial charge in [-0.15, -0.1) is 0 Å². The zero-order valence-electron chi connectivity index (χ0n) is 5.73.